The molecule has 1 saturated carbocycles. The van der Waals surface area contributed by atoms with Crippen LogP contribution in [0.15, 0.2) is 131 Å². The van der Waals surface area contributed by atoms with E-state index in [0.29, 0.717) is 134 Å². The molecular formula is C75H90F8N12O7. The van der Waals surface area contributed by atoms with Crippen molar-refractivity contribution in [2.24, 2.45) is 0 Å². The first-order valence-corrected chi connectivity index (χ1v) is 35.9. The Morgan fingerprint density at radius 3 is 0.971 bits per heavy atom. The van der Waals surface area contributed by atoms with Crippen LogP contribution in [0.5, 0.6) is 0 Å². The van der Waals surface area contributed by atoms with Crippen LogP contribution in [0.4, 0.5) is 35.1 Å². The van der Waals surface area contributed by atoms with E-state index in [-0.39, 0.29) is 73.5 Å². The van der Waals surface area contributed by atoms with Gasteiger partial charge < -0.3 is 76.3 Å². The number of halogens is 8. The van der Waals surface area contributed by atoms with Crippen molar-refractivity contribution in [1.82, 2.24) is 62.1 Å². The fraction of sp³-hybridized carbons (Fsp3) is 0.520. The molecule has 3 saturated heterocycles. The molecule has 4 aromatic carbocycles. The van der Waals surface area contributed by atoms with E-state index in [9.17, 15) is 54.3 Å². The molecule has 8 N–H and O–H groups in total. The number of hydrogen-bond donors (Lipinski definition) is 8. The standard InChI is InChI=1S/C20H25F2N3O.C19H23F2N3O2.2C18H21F2N3O2/c1-12-7-8-16(21)14(9-12)18-17(22)10-15-19(24-18)23-11-25(20(15)26)13-5-3-2-4-6-13;1-11-2-3-15(20)13(8-11)17-16(21)9-14-18(23-17)22-10-24(19(14)25)12-4-6-26-7-5-12;2*19-12-3-1-2-11(8-12)16-15(20)9-14-17(22-16)21-10-23(18(14)24)13-4-6-25-7-5-13/h7-9,13,17-18,23-24H,2-6,10-11H2,1H3;2-3,8,12,16-17,22-23H,4-7,9-10H2,1H3;2*1-3,8,13,15-16,21-22H,4-7,9-10H2/t17-,18-;16-,17+;15-,16+;15-,16-/m0110/s1. The number of hydrogen-bond acceptors (Lipinski definition) is 15. The van der Waals surface area contributed by atoms with E-state index in [1.807, 2.05) is 18.7 Å². The van der Waals surface area contributed by atoms with Crippen LogP contribution in [0.25, 0.3) is 0 Å². The van der Waals surface area contributed by atoms with Gasteiger partial charge in [0.05, 0.1) is 73.1 Å². The van der Waals surface area contributed by atoms with Crippen molar-refractivity contribution in [3.05, 3.63) is 187 Å². The lowest BCUT2D eigenvalue weighted by Gasteiger charge is -2.42. The van der Waals surface area contributed by atoms with Crippen LogP contribution in [0.3, 0.4) is 0 Å². The van der Waals surface area contributed by atoms with Gasteiger partial charge in [-0.25, -0.2) is 35.1 Å². The lowest BCUT2D eigenvalue weighted by molar-refractivity contribution is -0.134. The SMILES string of the molecule is Cc1ccc(F)c([C@@H]2NC3=C(C[C@@H]2F)C(=O)N(C2CCCCC2)CN3)c1.Cc1ccc(F)c([C@@H]2NC3=C(C[C@H]2F)C(=O)N(C2CCOCC2)CN3)c1.O=C1C2=C(NCN1C1CCOCC1)N[C@@H](c1cccc(F)c1)[C@@H](F)C2.O=C1C2=C(NCN1C1CCOCC1)N[C@@H](c1cccc(F)c1)[C@H](F)C2. The Labute approximate surface area is 588 Å². The Morgan fingerprint density at radius 1 is 0.363 bits per heavy atom. The van der Waals surface area contributed by atoms with Crippen molar-refractivity contribution in [2.75, 3.05) is 66.3 Å². The summed E-state index contributed by atoms with van der Waals surface area (Å²) in [5, 5.41) is 25.0. The lowest BCUT2D eigenvalue weighted by Crippen LogP contribution is -2.56. The Bertz CT molecular complexity index is 3630. The van der Waals surface area contributed by atoms with Crippen LogP contribution in [-0.4, -0.2) is 158 Å². The highest BCUT2D eigenvalue weighted by Gasteiger charge is 2.45. The number of carbonyl (C=O) groups is 4. The second-order valence-electron chi connectivity index (χ2n) is 28.2. The summed E-state index contributed by atoms with van der Waals surface area (Å²) >= 11 is 0. The van der Waals surface area contributed by atoms with Gasteiger partial charge in [-0.1, -0.05) is 78.9 Å². The summed E-state index contributed by atoms with van der Waals surface area (Å²) in [6.07, 6.45) is 5.04. The van der Waals surface area contributed by atoms with Crippen molar-refractivity contribution in [3.8, 4) is 0 Å². The zero-order chi connectivity index (χ0) is 71.3. The highest BCUT2D eigenvalue weighted by molar-refractivity contribution is 5.97. The topological polar surface area (TPSA) is 205 Å². The highest BCUT2D eigenvalue weighted by atomic mass is 19.2. The minimum absolute atomic E-state index is 0.00936. The molecule has 102 heavy (non-hydrogen) atoms. The fourth-order valence-electron chi connectivity index (χ4n) is 15.9. The molecule has 11 aliphatic heterocycles. The molecule has 4 amide bonds. The van der Waals surface area contributed by atoms with Crippen LogP contribution in [0.2, 0.25) is 0 Å². The van der Waals surface area contributed by atoms with Gasteiger partial charge >= 0.3 is 0 Å². The molecule has 4 fully saturated rings. The van der Waals surface area contributed by atoms with Crippen LogP contribution in [0.1, 0.15) is 154 Å². The maximum absolute atomic E-state index is 14.9. The molecule has 0 unspecified atom stereocenters. The Balaban J connectivity index is 0.000000121. The van der Waals surface area contributed by atoms with Gasteiger partial charge in [-0.05, 0) is 113 Å². The normalized spacial score (nSPS) is 27.3. The van der Waals surface area contributed by atoms with Crippen molar-refractivity contribution in [3.63, 3.8) is 0 Å². The number of alkyl halides is 4. The molecule has 27 heteroatoms. The van der Waals surface area contributed by atoms with Crippen molar-refractivity contribution in [1.29, 1.82) is 0 Å². The van der Waals surface area contributed by atoms with Crippen molar-refractivity contribution >= 4 is 23.6 Å². The second kappa shape index (κ2) is 32.0. The van der Waals surface area contributed by atoms with Gasteiger partial charge in [-0.3, -0.25) is 19.2 Å². The monoisotopic (exact) mass is 1420 g/mol. The number of rotatable bonds is 8. The molecule has 16 rings (SSSR count). The predicted octanol–water partition coefficient (Wildman–Crippen LogP) is 9.68. The fourth-order valence-corrected chi connectivity index (χ4v) is 15.9. The first-order valence-electron chi connectivity index (χ1n) is 35.9. The summed E-state index contributed by atoms with van der Waals surface area (Å²) in [6, 6.07) is 18.9. The number of aryl methyl sites for hydroxylation is 2. The van der Waals surface area contributed by atoms with Gasteiger partial charge in [0.2, 0.25) is 0 Å². The van der Waals surface area contributed by atoms with Crippen LogP contribution in [0, 0.1) is 37.1 Å². The minimum atomic E-state index is -1.37. The molecule has 0 aromatic heterocycles. The summed E-state index contributed by atoms with van der Waals surface area (Å²) in [4.78, 5) is 58.6. The molecule has 1 aliphatic carbocycles. The van der Waals surface area contributed by atoms with Crippen LogP contribution < -0.4 is 42.5 Å². The third kappa shape index (κ3) is 15.8. The quantitative estimate of drug-likeness (QED) is 0.0774. The van der Waals surface area contributed by atoms with E-state index in [1.54, 1.807) is 63.2 Å². The molecule has 548 valence electrons. The van der Waals surface area contributed by atoms with E-state index in [0.717, 1.165) is 75.3 Å². The number of ether oxygens (including phenoxy) is 3. The van der Waals surface area contributed by atoms with Gasteiger partial charge in [0.25, 0.3) is 23.6 Å². The van der Waals surface area contributed by atoms with Crippen molar-refractivity contribution in [2.45, 2.75) is 183 Å². The first kappa shape index (κ1) is 71.8. The highest BCUT2D eigenvalue weighted by Crippen LogP contribution is 2.40. The average Bonchev–Trinajstić information content (AvgIpc) is 0.790. The summed E-state index contributed by atoms with van der Waals surface area (Å²) in [6.45, 7) is 9.13. The molecule has 8 atom stereocenters. The van der Waals surface area contributed by atoms with Gasteiger partial charge in [0.15, 0.2) is 0 Å². The minimum Gasteiger partial charge on any atom is -0.381 e. The van der Waals surface area contributed by atoms with E-state index in [2.05, 4.69) is 42.5 Å². The lowest BCUT2D eigenvalue weighted by atomic mass is 9.89. The number of carbonyl (C=O) groups excluding carboxylic acids is 4. The summed E-state index contributed by atoms with van der Waals surface area (Å²) < 4.78 is 131. The molecule has 0 spiro atoms. The second-order valence-corrected chi connectivity index (χ2v) is 28.2. The predicted molar refractivity (Wildman–Crippen MR) is 363 cm³/mol. The molecule has 12 aliphatic rings. The largest absolute Gasteiger partial charge is 0.381 e. The zero-order valence-corrected chi connectivity index (χ0v) is 57.4. The average molecular weight is 1420 g/mol. The third-order valence-electron chi connectivity index (χ3n) is 21.5. The van der Waals surface area contributed by atoms with Crippen molar-refractivity contribution < 1.29 is 68.5 Å². The molecule has 0 bridgehead atoms. The summed E-state index contributed by atoms with van der Waals surface area (Å²) in [5.41, 5.74) is 5.20. The van der Waals surface area contributed by atoms with Gasteiger partial charge in [0, 0.05) is 101 Å². The Hall–Kier alpha value is -8.56. The zero-order valence-electron chi connectivity index (χ0n) is 57.4. The third-order valence-corrected chi connectivity index (χ3v) is 21.5. The molecule has 11 heterocycles. The number of benzene rings is 4. The summed E-state index contributed by atoms with van der Waals surface area (Å²) in [5.74, 6) is 0.105. The molecule has 4 aromatic rings. The van der Waals surface area contributed by atoms with Gasteiger partial charge in [-0.2, -0.15) is 0 Å². The maximum atomic E-state index is 14.9. The number of nitrogens with one attached hydrogen (secondary N) is 8. The number of nitrogens with zero attached hydrogens (tertiary/aromatic N) is 4. The van der Waals surface area contributed by atoms with E-state index >= 15 is 0 Å². The Kier molecular flexibility index (Phi) is 22.5. The van der Waals surface area contributed by atoms with Crippen LogP contribution in [-0.2, 0) is 33.4 Å². The maximum Gasteiger partial charge on any atom is 0.255 e. The molecule has 19 nitrogen and oxygen atoms in total. The smallest absolute Gasteiger partial charge is 0.255 e. The van der Waals surface area contributed by atoms with Gasteiger partial charge in [-0.15, -0.1) is 0 Å². The van der Waals surface area contributed by atoms with Crippen LogP contribution >= 0.6 is 0 Å². The van der Waals surface area contributed by atoms with E-state index in [1.165, 1.54) is 42.8 Å². The first-order chi connectivity index (χ1) is 49.3. The van der Waals surface area contributed by atoms with E-state index < -0.39 is 72.1 Å². The Morgan fingerprint density at radius 2 is 0.657 bits per heavy atom. The molecular weight excluding hydrogens is 1330 g/mol. The molecule has 0 radical (unpaired) electrons. The summed E-state index contributed by atoms with van der Waals surface area (Å²) in [7, 11) is 0. The number of amides is 4. The van der Waals surface area contributed by atoms with E-state index in [4.69, 9.17) is 14.2 Å². The van der Waals surface area contributed by atoms with Gasteiger partial charge in [0.1, 0.15) is 71.2 Å².